The van der Waals surface area contributed by atoms with Gasteiger partial charge in [-0.05, 0) is 30.5 Å². The topological polar surface area (TPSA) is 53.5 Å². The molecular formula is C14H18FN3O. The second-order valence-electron chi connectivity index (χ2n) is 5.29. The van der Waals surface area contributed by atoms with Gasteiger partial charge in [0.15, 0.2) is 5.96 Å². The lowest BCUT2D eigenvalue weighted by Crippen LogP contribution is -2.40. The summed E-state index contributed by atoms with van der Waals surface area (Å²) in [5.74, 6) is 0.399. The molecule has 1 saturated heterocycles. The number of halogens is 1. The van der Waals surface area contributed by atoms with Crippen molar-refractivity contribution < 1.29 is 9.18 Å². The zero-order chi connectivity index (χ0) is 14.0. The van der Waals surface area contributed by atoms with Gasteiger partial charge in [0.25, 0.3) is 5.91 Å². The van der Waals surface area contributed by atoms with Crippen LogP contribution in [0.4, 0.5) is 4.39 Å². The van der Waals surface area contributed by atoms with Crippen molar-refractivity contribution in [1.29, 1.82) is 0 Å². The van der Waals surface area contributed by atoms with Gasteiger partial charge < -0.3 is 5.32 Å². The molecule has 2 rings (SSSR count). The summed E-state index contributed by atoms with van der Waals surface area (Å²) in [4.78, 5) is 16.4. The fraction of sp³-hybridized carbons (Fsp3) is 0.429. The van der Waals surface area contributed by atoms with E-state index in [9.17, 15) is 9.18 Å². The molecule has 1 aromatic carbocycles. The monoisotopic (exact) mass is 263 g/mol. The van der Waals surface area contributed by atoms with Crippen LogP contribution in [0, 0.1) is 11.7 Å². The maximum atomic E-state index is 12.9. The van der Waals surface area contributed by atoms with Crippen LogP contribution >= 0.6 is 0 Å². The Kier molecular flexibility index (Phi) is 3.55. The number of benzene rings is 1. The van der Waals surface area contributed by atoms with Gasteiger partial charge in [0, 0.05) is 6.54 Å². The average molecular weight is 263 g/mol. The maximum Gasteiger partial charge on any atom is 0.256 e. The van der Waals surface area contributed by atoms with Crippen molar-refractivity contribution in [2.45, 2.75) is 26.3 Å². The SMILES string of the molecule is CC(C)CN=C1NC(=O)C(C)(c2ccc(F)cc2)N1. The number of hydrogen-bond acceptors (Lipinski definition) is 2. The quantitative estimate of drug-likeness (QED) is 0.873. The number of carbonyl (C=O) groups excluding carboxylic acids is 1. The van der Waals surface area contributed by atoms with Crippen LogP contribution in [-0.2, 0) is 10.3 Å². The van der Waals surface area contributed by atoms with Crippen LogP contribution in [0.15, 0.2) is 29.3 Å². The standard InChI is InChI=1S/C14H18FN3O/c1-9(2)8-16-13-17-12(19)14(3,18-13)10-4-6-11(15)7-5-10/h4-7,9H,8H2,1-3H3,(H2,16,17,18,19). The van der Waals surface area contributed by atoms with Crippen molar-refractivity contribution in [3.05, 3.63) is 35.6 Å². The zero-order valence-electron chi connectivity index (χ0n) is 11.3. The van der Waals surface area contributed by atoms with Crippen LogP contribution in [0.1, 0.15) is 26.3 Å². The van der Waals surface area contributed by atoms with E-state index in [0.29, 0.717) is 24.0 Å². The second-order valence-corrected chi connectivity index (χ2v) is 5.29. The third-order valence-electron chi connectivity index (χ3n) is 3.09. The van der Waals surface area contributed by atoms with Crippen LogP contribution in [0.2, 0.25) is 0 Å². The van der Waals surface area contributed by atoms with E-state index in [4.69, 9.17) is 0 Å². The largest absolute Gasteiger partial charge is 0.338 e. The van der Waals surface area contributed by atoms with Crippen LogP contribution < -0.4 is 10.6 Å². The highest BCUT2D eigenvalue weighted by Crippen LogP contribution is 2.24. The molecule has 0 aliphatic carbocycles. The Hall–Kier alpha value is -1.91. The number of aliphatic imine (C=N–C) groups is 1. The molecule has 0 bridgehead atoms. The molecule has 1 amide bonds. The molecule has 2 N–H and O–H groups in total. The molecule has 5 heteroatoms. The van der Waals surface area contributed by atoms with Crippen molar-refractivity contribution >= 4 is 11.9 Å². The molecule has 1 aliphatic heterocycles. The minimum absolute atomic E-state index is 0.179. The fourth-order valence-electron chi connectivity index (χ4n) is 1.90. The summed E-state index contributed by atoms with van der Waals surface area (Å²) in [5, 5.41) is 5.79. The Morgan fingerprint density at radius 1 is 1.32 bits per heavy atom. The van der Waals surface area contributed by atoms with Crippen LogP contribution in [-0.4, -0.2) is 18.4 Å². The minimum Gasteiger partial charge on any atom is -0.338 e. The number of guanidine groups is 1. The van der Waals surface area contributed by atoms with Gasteiger partial charge in [0.2, 0.25) is 0 Å². The minimum atomic E-state index is -0.899. The van der Waals surface area contributed by atoms with Gasteiger partial charge in [-0.1, -0.05) is 26.0 Å². The molecule has 1 aromatic rings. The summed E-state index contributed by atoms with van der Waals surface area (Å²) in [5.41, 5.74) is -0.190. The highest BCUT2D eigenvalue weighted by Gasteiger charge is 2.42. The van der Waals surface area contributed by atoms with E-state index >= 15 is 0 Å². The number of nitrogens with one attached hydrogen (secondary N) is 2. The summed E-state index contributed by atoms with van der Waals surface area (Å²) in [6.45, 7) is 6.51. The van der Waals surface area contributed by atoms with Crippen LogP contribution in [0.3, 0.4) is 0 Å². The van der Waals surface area contributed by atoms with E-state index in [1.54, 1.807) is 19.1 Å². The first-order valence-corrected chi connectivity index (χ1v) is 6.32. The molecule has 19 heavy (non-hydrogen) atoms. The van der Waals surface area contributed by atoms with Crippen molar-refractivity contribution in [2.75, 3.05) is 6.54 Å². The Balaban J connectivity index is 2.22. The Morgan fingerprint density at radius 3 is 2.53 bits per heavy atom. The van der Waals surface area contributed by atoms with Gasteiger partial charge in [-0.2, -0.15) is 0 Å². The van der Waals surface area contributed by atoms with E-state index in [1.807, 2.05) is 0 Å². The summed E-state index contributed by atoms with van der Waals surface area (Å²) >= 11 is 0. The van der Waals surface area contributed by atoms with Crippen LogP contribution in [0.5, 0.6) is 0 Å². The lowest BCUT2D eigenvalue weighted by Gasteiger charge is -2.21. The Labute approximate surface area is 112 Å². The lowest BCUT2D eigenvalue weighted by molar-refractivity contribution is -0.123. The number of rotatable bonds is 3. The average Bonchev–Trinajstić information content (AvgIpc) is 2.64. The molecule has 102 valence electrons. The van der Waals surface area contributed by atoms with Crippen molar-refractivity contribution in [3.8, 4) is 0 Å². The van der Waals surface area contributed by atoms with E-state index in [2.05, 4.69) is 29.5 Å². The predicted octanol–water partition coefficient (Wildman–Crippen LogP) is 1.77. The maximum absolute atomic E-state index is 12.9. The van der Waals surface area contributed by atoms with Gasteiger partial charge in [-0.25, -0.2) is 4.39 Å². The first-order chi connectivity index (χ1) is 8.91. The van der Waals surface area contributed by atoms with E-state index in [1.165, 1.54) is 12.1 Å². The number of nitrogens with zero attached hydrogens (tertiary/aromatic N) is 1. The first-order valence-electron chi connectivity index (χ1n) is 6.32. The van der Waals surface area contributed by atoms with Crippen molar-refractivity contribution in [1.82, 2.24) is 10.6 Å². The van der Waals surface area contributed by atoms with E-state index in [0.717, 1.165) is 0 Å². The van der Waals surface area contributed by atoms with E-state index in [-0.39, 0.29) is 11.7 Å². The van der Waals surface area contributed by atoms with Gasteiger partial charge >= 0.3 is 0 Å². The molecule has 4 nitrogen and oxygen atoms in total. The molecule has 0 radical (unpaired) electrons. The van der Waals surface area contributed by atoms with Crippen molar-refractivity contribution in [3.63, 3.8) is 0 Å². The molecule has 1 fully saturated rings. The molecule has 1 unspecified atom stereocenters. The number of amides is 1. The number of carbonyl (C=O) groups is 1. The second kappa shape index (κ2) is 4.99. The molecule has 0 spiro atoms. The van der Waals surface area contributed by atoms with Gasteiger partial charge in [0.1, 0.15) is 11.4 Å². The van der Waals surface area contributed by atoms with Gasteiger partial charge in [-0.3, -0.25) is 15.1 Å². The Morgan fingerprint density at radius 2 is 1.95 bits per heavy atom. The molecule has 1 heterocycles. The zero-order valence-corrected chi connectivity index (χ0v) is 11.3. The fourth-order valence-corrected chi connectivity index (χ4v) is 1.90. The molecular weight excluding hydrogens is 245 g/mol. The highest BCUT2D eigenvalue weighted by molar-refractivity contribution is 6.09. The summed E-state index contributed by atoms with van der Waals surface area (Å²) in [6, 6.07) is 5.90. The van der Waals surface area contributed by atoms with E-state index < -0.39 is 5.54 Å². The van der Waals surface area contributed by atoms with Crippen LogP contribution in [0.25, 0.3) is 0 Å². The Bertz CT molecular complexity index is 510. The molecule has 1 aliphatic rings. The molecule has 1 atom stereocenters. The molecule has 0 saturated carbocycles. The first kappa shape index (κ1) is 13.5. The smallest absolute Gasteiger partial charge is 0.256 e. The lowest BCUT2D eigenvalue weighted by atomic mass is 9.92. The summed E-state index contributed by atoms with van der Waals surface area (Å²) < 4.78 is 12.9. The van der Waals surface area contributed by atoms with Gasteiger partial charge in [0.05, 0.1) is 0 Å². The molecule has 0 aromatic heterocycles. The summed E-state index contributed by atoms with van der Waals surface area (Å²) in [7, 11) is 0. The van der Waals surface area contributed by atoms with Gasteiger partial charge in [-0.15, -0.1) is 0 Å². The third-order valence-corrected chi connectivity index (χ3v) is 3.09. The highest BCUT2D eigenvalue weighted by atomic mass is 19.1. The van der Waals surface area contributed by atoms with Crippen molar-refractivity contribution in [2.24, 2.45) is 10.9 Å². The number of hydrogen-bond donors (Lipinski definition) is 2. The third kappa shape index (κ3) is 2.75. The predicted molar refractivity (Wildman–Crippen MR) is 72.2 cm³/mol. The normalized spacial score (nSPS) is 24.7. The summed E-state index contributed by atoms with van der Waals surface area (Å²) in [6.07, 6.45) is 0.